The van der Waals surface area contributed by atoms with Crippen LogP contribution in [-0.4, -0.2) is 17.7 Å². The van der Waals surface area contributed by atoms with Crippen molar-refractivity contribution < 1.29 is 5.11 Å². The van der Waals surface area contributed by atoms with E-state index in [1.54, 1.807) is 11.3 Å². The molecule has 0 bridgehead atoms. The highest BCUT2D eigenvalue weighted by Gasteiger charge is 2.25. The fourth-order valence-electron chi connectivity index (χ4n) is 1.40. The van der Waals surface area contributed by atoms with Crippen molar-refractivity contribution in [2.75, 3.05) is 6.54 Å². The van der Waals surface area contributed by atoms with E-state index in [4.69, 9.17) is 0 Å². The van der Waals surface area contributed by atoms with Crippen molar-refractivity contribution in [2.45, 2.75) is 38.8 Å². The summed E-state index contributed by atoms with van der Waals surface area (Å²) in [5, 5.41) is 17.6. The van der Waals surface area contributed by atoms with Crippen molar-refractivity contribution in [3.05, 3.63) is 20.8 Å². The Morgan fingerprint density at radius 3 is 2.67 bits per heavy atom. The van der Waals surface area contributed by atoms with Crippen LogP contribution in [-0.2, 0) is 5.60 Å². The third-order valence-electron chi connectivity index (χ3n) is 2.36. The monoisotopic (exact) mass is 291 g/mol. The van der Waals surface area contributed by atoms with Gasteiger partial charge in [-0.15, -0.1) is 0 Å². The number of halogens is 1. The van der Waals surface area contributed by atoms with Gasteiger partial charge in [-0.25, -0.2) is 0 Å². The van der Waals surface area contributed by atoms with Crippen molar-refractivity contribution in [1.82, 2.24) is 5.32 Å². The van der Waals surface area contributed by atoms with Crippen LogP contribution in [0.1, 0.15) is 32.8 Å². The van der Waals surface area contributed by atoms with Gasteiger partial charge < -0.3 is 10.4 Å². The summed E-state index contributed by atoms with van der Waals surface area (Å²) < 4.78 is 1.00. The molecule has 1 rings (SSSR count). The summed E-state index contributed by atoms with van der Waals surface area (Å²) in [5.41, 5.74) is 0.235. The number of nitrogens with one attached hydrogen (secondary N) is 1. The van der Waals surface area contributed by atoms with Crippen molar-refractivity contribution in [1.29, 1.82) is 0 Å². The lowest BCUT2D eigenvalue weighted by molar-refractivity contribution is 0.0473. The molecule has 0 aliphatic heterocycles. The molecule has 2 nitrogen and oxygen atoms in total. The molecule has 1 heterocycles. The molecule has 0 saturated carbocycles. The molecule has 1 aromatic heterocycles. The highest BCUT2D eigenvalue weighted by Crippen LogP contribution is 2.33. The van der Waals surface area contributed by atoms with Crippen LogP contribution < -0.4 is 5.32 Å². The van der Waals surface area contributed by atoms with Gasteiger partial charge in [0, 0.05) is 21.5 Å². The standard InChI is InChI=1S/C11H18BrNOS/c1-8(2)13-5-4-11(3,14)9-6-15-7-10(9)12/h6-8,13-14H,4-5H2,1-3H3. The predicted molar refractivity (Wildman–Crippen MR) is 69.3 cm³/mol. The average Bonchev–Trinajstić information content (AvgIpc) is 2.50. The Hall–Kier alpha value is 0.100. The summed E-state index contributed by atoms with van der Waals surface area (Å²) >= 11 is 5.06. The predicted octanol–water partition coefficient (Wildman–Crippen LogP) is 3.11. The smallest absolute Gasteiger partial charge is 0.0899 e. The van der Waals surface area contributed by atoms with Crippen molar-refractivity contribution >= 4 is 27.3 Å². The molecule has 2 N–H and O–H groups in total. The first-order chi connectivity index (χ1) is 6.93. The number of thiophene rings is 1. The molecule has 0 amide bonds. The van der Waals surface area contributed by atoms with Gasteiger partial charge in [0.15, 0.2) is 0 Å². The first-order valence-electron chi connectivity index (χ1n) is 5.11. The molecule has 1 atom stereocenters. The Kier molecular flexibility index (Phi) is 4.77. The summed E-state index contributed by atoms with van der Waals surface area (Å²) in [6.07, 6.45) is 0.723. The van der Waals surface area contributed by atoms with Gasteiger partial charge in [0.1, 0.15) is 0 Å². The van der Waals surface area contributed by atoms with Gasteiger partial charge in [-0.3, -0.25) is 0 Å². The van der Waals surface area contributed by atoms with Crippen molar-refractivity contribution in [2.24, 2.45) is 0 Å². The van der Waals surface area contributed by atoms with Gasteiger partial charge in [-0.05, 0) is 41.2 Å². The van der Waals surface area contributed by atoms with Crippen molar-refractivity contribution in [3.63, 3.8) is 0 Å². The van der Waals surface area contributed by atoms with E-state index in [2.05, 4.69) is 35.1 Å². The SMILES string of the molecule is CC(C)NCCC(C)(O)c1cscc1Br. The molecule has 0 aromatic carbocycles. The lowest BCUT2D eigenvalue weighted by Gasteiger charge is -2.24. The van der Waals surface area contributed by atoms with Crippen LogP contribution in [0.5, 0.6) is 0 Å². The molecule has 15 heavy (non-hydrogen) atoms. The van der Waals surface area contributed by atoms with E-state index in [0.29, 0.717) is 6.04 Å². The third kappa shape index (κ3) is 3.87. The number of hydrogen-bond acceptors (Lipinski definition) is 3. The number of hydrogen-bond donors (Lipinski definition) is 2. The molecular formula is C11H18BrNOS. The zero-order valence-corrected chi connectivity index (χ0v) is 11.8. The zero-order valence-electron chi connectivity index (χ0n) is 9.38. The quantitative estimate of drug-likeness (QED) is 0.874. The van der Waals surface area contributed by atoms with Crippen LogP contribution in [0.15, 0.2) is 15.2 Å². The van der Waals surface area contributed by atoms with E-state index >= 15 is 0 Å². The van der Waals surface area contributed by atoms with E-state index in [9.17, 15) is 5.11 Å². The summed E-state index contributed by atoms with van der Waals surface area (Å²) in [6.45, 7) is 6.90. The van der Waals surface area contributed by atoms with E-state index in [1.807, 2.05) is 17.7 Å². The maximum Gasteiger partial charge on any atom is 0.0899 e. The lowest BCUT2D eigenvalue weighted by Crippen LogP contribution is -2.31. The van der Waals surface area contributed by atoms with Gasteiger partial charge in [0.25, 0.3) is 0 Å². The van der Waals surface area contributed by atoms with Crippen LogP contribution in [0.25, 0.3) is 0 Å². The fourth-order valence-corrected chi connectivity index (χ4v) is 3.25. The second-order valence-electron chi connectivity index (χ2n) is 4.27. The van der Waals surface area contributed by atoms with E-state index in [1.165, 1.54) is 0 Å². The molecule has 4 heteroatoms. The Morgan fingerprint density at radius 1 is 1.53 bits per heavy atom. The van der Waals surface area contributed by atoms with Gasteiger partial charge in [-0.2, -0.15) is 11.3 Å². The molecule has 0 spiro atoms. The maximum absolute atomic E-state index is 10.3. The normalized spacial score (nSPS) is 15.6. The second kappa shape index (κ2) is 5.43. The highest BCUT2D eigenvalue weighted by atomic mass is 79.9. The molecule has 1 aromatic rings. The minimum Gasteiger partial charge on any atom is -0.385 e. The Morgan fingerprint density at radius 2 is 2.20 bits per heavy atom. The van der Waals surface area contributed by atoms with E-state index < -0.39 is 5.60 Å². The van der Waals surface area contributed by atoms with Gasteiger partial charge in [0.05, 0.1) is 5.60 Å². The third-order valence-corrected chi connectivity index (χ3v) is 4.06. The van der Waals surface area contributed by atoms with Gasteiger partial charge in [-0.1, -0.05) is 13.8 Å². The Balaban J connectivity index is 2.56. The van der Waals surface area contributed by atoms with E-state index in [0.717, 1.165) is 23.0 Å². The lowest BCUT2D eigenvalue weighted by atomic mass is 9.95. The molecule has 0 fully saturated rings. The van der Waals surface area contributed by atoms with Crippen LogP contribution in [0.3, 0.4) is 0 Å². The molecule has 0 aliphatic carbocycles. The van der Waals surface area contributed by atoms with Gasteiger partial charge in [0.2, 0.25) is 0 Å². The molecule has 0 radical (unpaired) electrons. The van der Waals surface area contributed by atoms with Crippen LogP contribution in [0.4, 0.5) is 0 Å². The first-order valence-corrected chi connectivity index (χ1v) is 6.85. The molecular weight excluding hydrogens is 274 g/mol. The minimum absolute atomic E-state index is 0.465. The Bertz CT molecular complexity index is 309. The largest absolute Gasteiger partial charge is 0.385 e. The summed E-state index contributed by atoms with van der Waals surface area (Å²) in [4.78, 5) is 0. The number of aliphatic hydroxyl groups is 1. The Labute approximate surface area is 104 Å². The molecule has 0 aliphatic rings. The van der Waals surface area contributed by atoms with E-state index in [-0.39, 0.29) is 0 Å². The molecule has 0 saturated heterocycles. The summed E-state index contributed by atoms with van der Waals surface area (Å²) in [6, 6.07) is 0.465. The van der Waals surface area contributed by atoms with Crippen LogP contribution >= 0.6 is 27.3 Å². The van der Waals surface area contributed by atoms with Crippen LogP contribution in [0.2, 0.25) is 0 Å². The van der Waals surface area contributed by atoms with Gasteiger partial charge >= 0.3 is 0 Å². The minimum atomic E-state index is -0.749. The topological polar surface area (TPSA) is 32.3 Å². The first kappa shape index (κ1) is 13.2. The fraction of sp³-hybridized carbons (Fsp3) is 0.636. The molecule has 1 unspecified atom stereocenters. The maximum atomic E-state index is 10.3. The van der Waals surface area contributed by atoms with Crippen LogP contribution in [0, 0.1) is 0 Å². The average molecular weight is 292 g/mol. The highest BCUT2D eigenvalue weighted by molar-refractivity contribution is 9.10. The summed E-state index contributed by atoms with van der Waals surface area (Å²) in [5.74, 6) is 0. The zero-order chi connectivity index (χ0) is 11.5. The van der Waals surface area contributed by atoms with Crippen molar-refractivity contribution in [3.8, 4) is 0 Å². The second-order valence-corrected chi connectivity index (χ2v) is 5.86. The summed E-state index contributed by atoms with van der Waals surface area (Å²) in [7, 11) is 0. The molecule has 86 valence electrons. The number of rotatable bonds is 5.